The molecule has 0 radical (unpaired) electrons. The number of carbonyl (C=O) groups excluding carboxylic acids is 1. The molecule has 0 bridgehead atoms. The van der Waals surface area contributed by atoms with Gasteiger partial charge in [0.25, 0.3) is 5.91 Å². The number of hydrogen-bond donors (Lipinski definition) is 1. The number of benzene rings is 2. The van der Waals surface area contributed by atoms with E-state index in [1.165, 1.54) is 28.9 Å². The lowest BCUT2D eigenvalue weighted by atomic mass is 10.2. The van der Waals surface area contributed by atoms with E-state index >= 15 is 0 Å². The zero-order valence-electron chi connectivity index (χ0n) is 14.8. The normalized spacial score (nSPS) is 10.7. The first kappa shape index (κ1) is 18.9. The molecule has 4 aromatic rings. The van der Waals surface area contributed by atoms with Crippen LogP contribution in [0.2, 0.25) is 0 Å². The number of nitrogens with one attached hydrogen (secondary N) is 1. The maximum absolute atomic E-state index is 14.1. The fourth-order valence-corrected chi connectivity index (χ4v) is 3.10. The molecule has 0 aliphatic rings. The molecule has 0 fully saturated rings. The zero-order chi connectivity index (χ0) is 20.4. The van der Waals surface area contributed by atoms with Crippen LogP contribution in [0.25, 0.3) is 16.9 Å². The number of halogens is 3. The molecule has 2 aromatic carbocycles. The monoisotopic (exact) mass is 454 g/mol. The number of hydrogen-bond acceptors (Lipinski definition) is 3. The van der Waals surface area contributed by atoms with Crippen LogP contribution >= 0.6 is 15.9 Å². The highest BCUT2D eigenvalue weighted by Gasteiger charge is 2.18. The van der Waals surface area contributed by atoms with Crippen LogP contribution in [0.1, 0.15) is 10.5 Å². The summed E-state index contributed by atoms with van der Waals surface area (Å²) in [6.45, 7) is 0. The van der Waals surface area contributed by atoms with Gasteiger partial charge < -0.3 is 5.32 Å². The van der Waals surface area contributed by atoms with Crippen molar-refractivity contribution in [2.75, 3.05) is 5.32 Å². The summed E-state index contributed by atoms with van der Waals surface area (Å²) in [6.07, 6.45) is 3.26. The van der Waals surface area contributed by atoms with E-state index in [0.29, 0.717) is 15.9 Å². The summed E-state index contributed by atoms with van der Waals surface area (Å²) in [7, 11) is 0. The van der Waals surface area contributed by atoms with Crippen LogP contribution in [0.15, 0.2) is 77.5 Å². The van der Waals surface area contributed by atoms with Crippen LogP contribution in [0, 0.1) is 11.6 Å². The molecule has 0 spiro atoms. The Morgan fingerprint density at radius 1 is 1.03 bits per heavy atom. The minimum Gasteiger partial charge on any atom is -0.318 e. The first-order valence-electron chi connectivity index (χ1n) is 8.54. The summed E-state index contributed by atoms with van der Waals surface area (Å²) >= 11 is 3.18. The largest absolute Gasteiger partial charge is 0.318 e. The number of anilines is 1. The number of rotatable bonds is 4. The van der Waals surface area contributed by atoms with Crippen molar-refractivity contribution < 1.29 is 13.6 Å². The molecule has 8 heteroatoms. The lowest BCUT2D eigenvalue weighted by molar-refractivity contribution is 0.102. The summed E-state index contributed by atoms with van der Waals surface area (Å²) in [5.74, 6) is -1.53. The van der Waals surface area contributed by atoms with E-state index in [0.717, 1.165) is 5.56 Å². The van der Waals surface area contributed by atoms with Crippen LogP contribution in [0.5, 0.6) is 0 Å². The SMILES string of the molecule is O=C(Nc1ccc(Br)cc1F)c1cc(-c2cccnc2)n(-c2ccc(F)cc2)n1. The molecule has 2 heterocycles. The smallest absolute Gasteiger partial charge is 0.276 e. The molecule has 0 aliphatic heterocycles. The van der Waals surface area contributed by atoms with Gasteiger partial charge in [-0.15, -0.1) is 0 Å². The zero-order valence-corrected chi connectivity index (χ0v) is 16.4. The standard InChI is InChI=1S/C21H13BrF2N4O/c22-14-3-8-18(17(24)10-14)26-21(29)19-11-20(13-2-1-9-25-12-13)28(27-19)16-6-4-15(23)5-7-16/h1-12H,(H,26,29). The highest BCUT2D eigenvalue weighted by atomic mass is 79.9. The highest BCUT2D eigenvalue weighted by Crippen LogP contribution is 2.25. The minimum absolute atomic E-state index is 0.0393. The number of amides is 1. The third-order valence-electron chi connectivity index (χ3n) is 4.15. The predicted octanol–water partition coefficient (Wildman–Crippen LogP) is 5.23. The Labute approximate surface area is 173 Å². The molecule has 2 aromatic heterocycles. The molecule has 29 heavy (non-hydrogen) atoms. The van der Waals surface area contributed by atoms with E-state index in [4.69, 9.17) is 0 Å². The number of nitrogens with zero attached hydrogens (tertiary/aromatic N) is 3. The summed E-state index contributed by atoms with van der Waals surface area (Å²) in [6, 6.07) is 15.2. The lowest BCUT2D eigenvalue weighted by Gasteiger charge is -2.07. The Kier molecular flexibility index (Phi) is 5.18. The number of aromatic nitrogens is 3. The van der Waals surface area contributed by atoms with E-state index in [2.05, 4.69) is 31.3 Å². The Morgan fingerprint density at radius 3 is 2.52 bits per heavy atom. The molecule has 0 unspecified atom stereocenters. The van der Waals surface area contributed by atoms with Crippen molar-refractivity contribution in [3.63, 3.8) is 0 Å². The van der Waals surface area contributed by atoms with E-state index in [1.807, 2.05) is 6.07 Å². The fraction of sp³-hybridized carbons (Fsp3) is 0. The Hall–Kier alpha value is -3.39. The van der Waals surface area contributed by atoms with Crippen LogP contribution in [-0.4, -0.2) is 20.7 Å². The molecule has 1 N–H and O–H groups in total. The average Bonchev–Trinajstić information content (AvgIpc) is 3.17. The van der Waals surface area contributed by atoms with Crippen LogP contribution in [-0.2, 0) is 0 Å². The second kappa shape index (κ2) is 7.92. The van der Waals surface area contributed by atoms with Gasteiger partial charge in [-0.2, -0.15) is 5.10 Å². The van der Waals surface area contributed by atoms with Gasteiger partial charge >= 0.3 is 0 Å². The van der Waals surface area contributed by atoms with Crippen molar-refractivity contribution in [3.8, 4) is 16.9 Å². The van der Waals surface area contributed by atoms with Crippen molar-refractivity contribution in [2.24, 2.45) is 0 Å². The van der Waals surface area contributed by atoms with Gasteiger partial charge in [-0.3, -0.25) is 9.78 Å². The van der Waals surface area contributed by atoms with Crippen molar-refractivity contribution >= 4 is 27.5 Å². The summed E-state index contributed by atoms with van der Waals surface area (Å²) in [4.78, 5) is 16.8. The third-order valence-corrected chi connectivity index (χ3v) is 4.64. The molecule has 0 saturated carbocycles. The van der Waals surface area contributed by atoms with Crippen molar-refractivity contribution in [2.45, 2.75) is 0 Å². The number of carbonyl (C=O) groups is 1. The maximum atomic E-state index is 14.1. The molecule has 4 rings (SSSR count). The molecule has 0 saturated heterocycles. The van der Waals surface area contributed by atoms with Gasteiger partial charge in [0.2, 0.25) is 0 Å². The first-order chi connectivity index (χ1) is 14.0. The Bertz CT molecular complexity index is 1180. The Morgan fingerprint density at radius 2 is 1.83 bits per heavy atom. The maximum Gasteiger partial charge on any atom is 0.276 e. The quantitative estimate of drug-likeness (QED) is 0.459. The van der Waals surface area contributed by atoms with Gasteiger partial charge in [0, 0.05) is 22.4 Å². The highest BCUT2D eigenvalue weighted by molar-refractivity contribution is 9.10. The molecule has 1 amide bonds. The van der Waals surface area contributed by atoms with Crippen LogP contribution in [0.4, 0.5) is 14.5 Å². The summed E-state index contributed by atoms with van der Waals surface area (Å²) in [5.41, 5.74) is 2.00. The van der Waals surface area contributed by atoms with Gasteiger partial charge in [0.15, 0.2) is 5.69 Å². The fourth-order valence-electron chi connectivity index (χ4n) is 2.77. The minimum atomic E-state index is -0.572. The average molecular weight is 455 g/mol. The number of pyridine rings is 1. The molecule has 0 aliphatic carbocycles. The lowest BCUT2D eigenvalue weighted by Crippen LogP contribution is -2.14. The third kappa shape index (κ3) is 4.07. The Balaban J connectivity index is 1.74. The molecule has 5 nitrogen and oxygen atoms in total. The second-order valence-electron chi connectivity index (χ2n) is 6.12. The second-order valence-corrected chi connectivity index (χ2v) is 7.04. The summed E-state index contributed by atoms with van der Waals surface area (Å²) < 4.78 is 29.5. The molecule has 0 atom stereocenters. The van der Waals surface area contributed by atoms with Gasteiger partial charge in [0.1, 0.15) is 11.6 Å². The molecular formula is C21H13BrF2N4O. The summed E-state index contributed by atoms with van der Waals surface area (Å²) in [5, 5.41) is 6.87. The van der Waals surface area contributed by atoms with Gasteiger partial charge in [-0.05, 0) is 60.7 Å². The van der Waals surface area contributed by atoms with E-state index in [9.17, 15) is 13.6 Å². The first-order valence-corrected chi connectivity index (χ1v) is 9.33. The van der Waals surface area contributed by atoms with Crippen molar-refractivity contribution in [3.05, 3.63) is 94.9 Å². The van der Waals surface area contributed by atoms with E-state index in [-0.39, 0.29) is 17.2 Å². The van der Waals surface area contributed by atoms with E-state index in [1.54, 1.807) is 42.7 Å². The molecule has 144 valence electrons. The van der Waals surface area contributed by atoms with Crippen molar-refractivity contribution in [1.82, 2.24) is 14.8 Å². The van der Waals surface area contributed by atoms with Gasteiger partial charge in [-0.25, -0.2) is 13.5 Å². The van der Waals surface area contributed by atoms with Gasteiger partial charge in [0.05, 0.1) is 17.1 Å². The van der Waals surface area contributed by atoms with Crippen LogP contribution < -0.4 is 5.32 Å². The van der Waals surface area contributed by atoms with Crippen molar-refractivity contribution in [1.29, 1.82) is 0 Å². The topological polar surface area (TPSA) is 59.8 Å². The molecular weight excluding hydrogens is 442 g/mol. The van der Waals surface area contributed by atoms with E-state index < -0.39 is 11.7 Å². The van der Waals surface area contributed by atoms with Gasteiger partial charge in [-0.1, -0.05) is 15.9 Å². The van der Waals surface area contributed by atoms with Crippen LogP contribution in [0.3, 0.4) is 0 Å². The predicted molar refractivity (Wildman–Crippen MR) is 109 cm³/mol.